The van der Waals surface area contributed by atoms with Gasteiger partial charge in [-0.05, 0) is 60.1 Å². The predicted molar refractivity (Wildman–Crippen MR) is 110 cm³/mol. The van der Waals surface area contributed by atoms with Crippen LogP contribution in [0.2, 0.25) is 10.0 Å². The smallest absolute Gasteiger partial charge is 0.142 e. The molecule has 2 aromatic carbocycles. The van der Waals surface area contributed by atoms with Crippen molar-refractivity contribution in [2.75, 3.05) is 16.8 Å². The van der Waals surface area contributed by atoms with Crippen molar-refractivity contribution in [3.05, 3.63) is 63.4 Å². The first-order valence-electron chi connectivity index (χ1n) is 8.68. The second-order valence-corrected chi connectivity index (χ2v) is 8.91. The molecule has 2 nitrogen and oxygen atoms in total. The Labute approximate surface area is 167 Å². The number of nitrogens with zero attached hydrogens (tertiary/aromatic N) is 1. The zero-order valence-corrected chi connectivity index (χ0v) is 16.5. The predicted octanol–water partition coefficient (Wildman–Crippen LogP) is 6.21. The first-order chi connectivity index (χ1) is 12.6. The highest BCUT2D eigenvalue weighted by molar-refractivity contribution is 7.99. The number of thioether (sulfide) groups is 1. The summed E-state index contributed by atoms with van der Waals surface area (Å²) in [5.74, 6) is 2.82. The van der Waals surface area contributed by atoms with Gasteiger partial charge < -0.3 is 5.32 Å². The minimum Gasteiger partial charge on any atom is -0.343 e. The number of amidine groups is 1. The molecule has 0 saturated carbocycles. The Bertz CT molecular complexity index is 863. The summed E-state index contributed by atoms with van der Waals surface area (Å²) in [7, 11) is 0. The summed E-state index contributed by atoms with van der Waals surface area (Å²) in [5.41, 5.74) is 3.15. The maximum absolute atomic E-state index is 13.8. The third-order valence-corrected chi connectivity index (χ3v) is 6.88. The van der Waals surface area contributed by atoms with E-state index in [9.17, 15) is 4.39 Å². The van der Waals surface area contributed by atoms with Gasteiger partial charge in [-0.1, -0.05) is 41.4 Å². The molecule has 2 aliphatic rings. The molecule has 2 aliphatic heterocycles. The molecule has 1 fully saturated rings. The van der Waals surface area contributed by atoms with Crippen molar-refractivity contribution in [3.63, 3.8) is 0 Å². The van der Waals surface area contributed by atoms with Crippen LogP contribution in [0.25, 0.3) is 0 Å². The lowest BCUT2D eigenvalue weighted by molar-refractivity contribution is 0.377. The molecule has 0 unspecified atom stereocenters. The van der Waals surface area contributed by atoms with Crippen molar-refractivity contribution in [2.24, 2.45) is 10.4 Å². The highest BCUT2D eigenvalue weighted by atomic mass is 35.5. The molecule has 2 aromatic rings. The SMILES string of the molecule is Fc1cc(CN=C2Nc3ccccc3CC23CCSCC3)c(Cl)cc1Cl. The minimum atomic E-state index is -0.461. The van der Waals surface area contributed by atoms with Gasteiger partial charge in [0.15, 0.2) is 0 Å². The van der Waals surface area contributed by atoms with Crippen LogP contribution >= 0.6 is 35.0 Å². The van der Waals surface area contributed by atoms with Crippen LogP contribution in [0.4, 0.5) is 10.1 Å². The number of hydrogen-bond donors (Lipinski definition) is 1. The van der Waals surface area contributed by atoms with Crippen LogP contribution in [-0.2, 0) is 13.0 Å². The fourth-order valence-electron chi connectivity index (χ4n) is 3.74. The molecule has 0 amide bonds. The van der Waals surface area contributed by atoms with Crippen LogP contribution in [0.3, 0.4) is 0 Å². The molecular weight excluding hydrogens is 390 g/mol. The van der Waals surface area contributed by atoms with E-state index in [1.165, 1.54) is 17.7 Å². The molecule has 0 bridgehead atoms. The number of aliphatic imine (C=N–C) groups is 1. The normalized spacial score (nSPS) is 20.0. The molecule has 1 spiro atoms. The fraction of sp³-hybridized carbons (Fsp3) is 0.350. The van der Waals surface area contributed by atoms with Crippen LogP contribution in [0.1, 0.15) is 24.0 Å². The number of anilines is 1. The Hall–Kier alpha value is -1.23. The van der Waals surface area contributed by atoms with E-state index < -0.39 is 5.82 Å². The molecule has 4 rings (SSSR count). The van der Waals surface area contributed by atoms with Gasteiger partial charge in [0.25, 0.3) is 0 Å². The zero-order chi connectivity index (χ0) is 18.1. The maximum atomic E-state index is 13.8. The van der Waals surface area contributed by atoms with E-state index in [0.29, 0.717) is 17.1 Å². The van der Waals surface area contributed by atoms with Gasteiger partial charge in [0.1, 0.15) is 11.7 Å². The molecule has 2 heterocycles. The van der Waals surface area contributed by atoms with Gasteiger partial charge in [0, 0.05) is 16.1 Å². The first-order valence-corrected chi connectivity index (χ1v) is 10.6. The fourth-order valence-corrected chi connectivity index (χ4v) is 5.45. The van der Waals surface area contributed by atoms with Gasteiger partial charge in [-0.3, -0.25) is 4.99 Å². The van der Waals surface area contributed by atoms with Crippen LogP contribution < -0.4 is 5.32 Å². The standard InChI is InChI=1S/C20H19Cl2FN2S/c21-15-10-16(22)17(23)9-14(15)12-24-19-20(5-7-26-8-6-20)11-13-3-1-2-4-18(13)25-19/h1-4,9-10H,5-8,11-12H2,(H,24,25). The Kier molecular flexibility index (Phi) is 5.18. The highest BCUT2D eigenvalue weighted by Crippen LogP contribution is 2.44. The Morgan fingerprint density at radius 1 is 1.12 bits per heavy atom. The topological polar surface area (TPSA) is 24.4 Å². The second-order valence-electron chi connectivity index (χ2n) is 6.87. The van der Waals surface area contributed by atoms with Crippen molar-refractivity contribution >= 4 is 46.5 Å². The number of fused-ring (bicyclic) bond motifs is 1. The second kappa shape index (κ2) is 7.41. The number of benzene rings is 2. The number of rotatable bonds is 2. The number of hydrogen-bond acceptors (Lipinski definition) is 2. The first kappa shape index (κ1) is 18.1. The Morgan fingerprint density at radius 3 is 2.69 bits per heavy atom. The molecule has 0 radical (unpaired) electrons. The van der Waals surface area contributed by atoms with Crippen LogP contribution in [0, 0.1) is 11.2 Å². The van der Waals surface area contributed by atoms with Crippen LogP contribution in [0.15, 0.2) is 41.4 Å². The molecule has 1 saturated heterocycles. The van der Waals surface area contributed by atoms with E-state index in [1.807, 2.05) is 17.8 Å². The quantitative estimate of drug-likeness (QED) is 0.596. The maximum Gasteiger partial charge on any atom is 0.142 e. The van der Waals surface area contributed by atoms with E-state index in [0.717, 1.165) is 42.3 Å². The number of halogens is 3. The average Bonchev–Trinajstić information content (AvgIpc) is 2.64. The lowest BCUT2D eigenvalue weighted by atomic mass is 9.73. The summed E-state index contributed by atoms with van der Waals surface area (Å²) in [5, 5.41) is 4.04. The van der Waals surface area contributed by atoms with Crippen molar-refractivity contribution in [3.8, 4) is 0 Å². The summed E-state index contributed by atoms with van der Waals surface area (Å²) in [6.45, 7) is 0.340. The molecule has 0 aliphatic carbocycles. The van der Waals surface area contributed by atoms with E-state index in [2.05, 4.69) is 23.5 Å². The Morgan fingerprint density at radius 2 is 1.88 bits per heavy atom. The largest absolute Gasteiger partial charge is 0.343 e. The number of nitrogens with one attached hydrogen (secondary N) is 1. The van der Waals surface area contributed by atoms with Crippen LogP contribution in [0.5, 0.6) is 0 Å². The van der Waals surface area contributed by atoms with Crippen molar-refractivity contribution in [1.82, 2.24) is 0 Å². The summed E-state index contributed by atoms with van der Waals surface area (Å²) in [4.78, 5) is 4.86. The summed E-state index contributed by atoms with van der Waals surface area (Å²) >= 11 is 14.0. The molecule has 0 atom stereocenters. The van der Waals surface area contributed by atoms with Gasteiger partial charge in [-0.2, -0.15) is 11.8 Å². The van der Waals surface area contributed by atoms with Crippen LogP contribution in [-0.4, -0.2) is 17.3 Å². The highest BCUT2D eigenvalue weighted by Gasteiger charge is 2.41. The number of para-hydroxylation sites is 1. The molecule has 6 heteroatoms. The molecule has 26 heavy (non-hydrogen) atoms. The minimum absolute atomic E-state index is 0.0387. The van der Waals surface area contributed by atoms with Gasteiger partial charge in [-0.15, -0.1) is 0 Å². The van der Waals surface area contributed by atoms with Crippen molar-refractivity contribution in [2.45, 2.75) is 25.8 Å². The molecule has 136 valence electrons. The monoisotopic (exact) mass is 408 g/mol. The molecule has 0 aromatic heterocycles. The van der Waals surface area contributed by atoms with E-state index in [-0.39, 0.29) is 10.4 Å². The van der Waals surface area contributed by atoms with E-state index in [1.54, 1.807) is 0 Å². The summed E-state index contributed by atoms with van der Waals surface area (Å²) < 4.78 is 13.8. The van der Waals surface area contributed by atoms with E-state index >= 15 is 0 Å². The summed E-state index contributed by atoms with van der Waals surface area (Å²) in [6.07, 6.45) is 3.19. The third-order valence-electron chi connectivity index (χ3n) is 5.25. The molecular formula is C20H19Cl2FN2S. The van der Waals surface area contributed by atoms with E-state index in [4.69, 9.17) is 28.2 Å². The van der Waals surface area contributed by atoms with Gasteiger partial charge in [0.05, 0.1) is 11.6 Å². The average molecular weight is 409 g/mol. The van der Waals surface area contributed by atoms with Crippen molar-refractivity contribution < 1.29 is 4.39 Å². The van der Waals surface area contributed by atoms with Gasteiger partial charge >= 0.3 is 0 Å². The lowest BCUT2D eigenvalue weighted by Gasteiger charge is -2.42. The Balaban J connectivity index is 1.68. The lowest BCUT2D eigenvalue weighted by Crippen LogP contribution is -2.44. The van der Waals surface area contributed by atoms with Crippen molar-refractivity contribution in [1.29, 1.82) is 0 Å². The third kappa shape index (κ3) is 3.47. The zero-order valence-electron chi connectivity index (χ0n) is 14.2. The van der Waals surface area contributed by atoms with Gasteiger partial charge in [-0.25, -0.2) is 4.39 Å². The summed E-state index contributed by atoms with van der Waals surface area (Å²) in [6, 6.07) is 11.2. The van der Waals surface area contributed by atoms with Gasteiger partial charge in [0.2, 0.25) is 0 Å². The molecule has 1 N–H and O–H groups in total.